The first kappa shape index (κ1) is 13.2. The molecular formula is C9H9F3O5S. The summed E-state index contributed by atoms with van der Waals surface area (Å²) in [4.78, 5) is 10.9. The number of hydrogen-bond acceptors (Lipinski definition) is 4. The molecule has 0 heterocycles. The Balaban J connectivity index is 2.20. The molecule has 18 heavy (non-hydrogen) atoms. The maximum Gasteiger partial charge on any atom is 0.534 e. The van der Waals surface area contributed by atoms with Crippen molar-refractivity contribution in [1.82, 2.24) is 0 Å². The molecule has 0 aromatic carbocycles. The van der Waals surface area contributed by atoms with Crippen LogP contribution in [0.25, 0.3) is 0 Å². The van der Waals surface area contributed by atoms with Gasteiger partial charge in [-0.3, -0.25) is 4.79 Å². The molecule has 0 aromatic heterocycles. The Morgan fingerprint density at radius 1 is 1.39 bits per heavy atom. The van der Waals surface area contributed by atoms with Crippen molar-refractivity contribution in [2.75, 3.05) is 0 Å². The highest BCUT2D eigenvalue weighted by Crippen LogP contribution is 2.50. The van der Waals surface area contributed by atoms with Gasteiger partial charge in [-0.05, 0) is 24.8 Å². The largest absolute Gasteiger partial charge is 0.534 e. The number of hydrogen-bond donors (Lipinski definition) is 1. The molecule has 0 aromatic rings. The van der Waals surface area contributed by atoms with E-state index in [0.29, 0.717) is 12.8 Å². The zero-order chi connectivity index (χ0) is 13.7. The second-order valence-electron chi connectivity index (χ2n) is 4.26. The Morgan fingerprint density at radius 2 is 2.00 bits per heavy atom. The van der Waals surface area contributed by atoms with Crippen LogP contribution in [-0.2, 0) is 19.1 Å². The third kappa shape index (κ3) is 1.96. The van der Waals surface area contributed by atoms with Gasteiger partial charge < -0.3 is 9.29 Å². The predicted molar refractivity (Wildman–Crippen MR) is 51.5 cm³/mol. The molecule has 1 N–H and O–H groups in total. The molecule has 1 fully saturated rings. The van der Waals surface area contributed by atoms with Gasteiger partial charge in [0.1, 0.15) is 5.76 Å². The monoisotopic (exact) mass is 286 g/mol. The fourth-order valence-corrected chi connectivity index (χ4v) is 3.02. The Kier molecular flexibility index (Phi) is 2.84. The van der Waals surface area contributed by atoms with Crippen LogP contribution < -0.4 is 0 Å². The summed E-state index contributed by atoms with van der Waals surface area (Å²) in [6.45, 7) is 0. The molecule has 2 bridgehead atoms. The quantitative estimate of drug-likeness (QED) is 0.627. The van der Waals surface area contributed by atoms with Crippen LogP contribution in [0.1, 0.15) is 12.8 Å². The Labute approximate surface area is 100 Å². The summed E-state index contributed by atoms with van der Waals surface area (Å²) in [6, 6.07) is 0. The minimum Gasteiger partial charge on any atom is -0.481 e. The molecule has 0 aliphatic heterocycles. The highest BCUT2D eigenvalue weighted by molar-refractivity contribution is 7.87. The molecule has 2 rings (SSSR count). The van der Waals surface area contributed by atoms with E-state index in [-0.39, 0.29) is 0 Å². The first-order chi connectivity index (χ1) is 8.13. The van der Waals surface area contributed by atoms with Crippen LogP contribution in [0.5, 0.6) is 0 Å². The molecule has 0 amide bonds. The second-order valence-corrected chi connectivity index (χ2v) is 5.80. The number of rotatable bonds is 3. The molecule has 5 nitrogen and oxygen atoms in total. The molecule has 3 atom stereocenters. The zero-order valence-electron chi connectivity index (χ0n) is 8.85. The number of aliphatic carboxylic acids is 1. The van der Waals surface area contributed by atoms with Crippen molar-refractivity contribution in [2.45, 2.75) is 18.3 Å². The van der Waals surface area contributed by atoms with Gasteiger partial charge >= 0.3 is 21.6 Å². The molecular weight excluding hydrogens is 277 g/mol. The van der Waals surface area contributed by atoms with E-state index in [1.807, 2.05) is 0 Å². The van der Waals surface area contributed by atoms with Gasteiger partial charge in [0.2, 0.25) is 0 Å². The van der Waals surface area contributed by atoms with Gasteiger partial charge in [-0.1, -0.05) is 0 Å². The summed E-state index contributed by atoms with van der Waals surface area (Å²) in [7, 11) is -5.71. The number of carboxylic acids is 1. The minimum atomic E-state index is -5.71. The van der Waals surface area contributed by atoms with E-state index < -0.39 is 45.1 Å². The lowest BCUT2D eigenvalue weighted by Crippen LogP contribution is -2.27. The minimum absolute atomic E-state index is 0.320. The summed E-state index contributed by atoms with van der Waals surface area (Å²) in [6.07, 6.45) is 2.01. The summed E-state index contributed by atoms with van der Waals surface area (Å²) in [5.74, 6) is -3.67. The van der Waals surface area contributed by atoms with E-state index in [1.165, 1.54) is 6.08 Å². The van der Waals surface area contributed by atoms with Gasteiger partial charge in [0.15, 0.2) is 0 Å². The Morgan fingerprint density at radius 3 is 2.44 bits per heavy atom. The van der Waals surface area contributed by atoms with E-state index in [1.54, 1.807) is 0 Å². The van der Waals surface area contributed by atoms with Crippen LogP contribution in [0.2, 0.25) is 0 Å². The van der Waals surface area contributed by atoms with Crippen molar-refractivity contribution in [3.8, 4) is 0 Å². The SMILES string of the molecule is O=C(O)C1C2C=C(OS(=O)(=O)C(F)(F)F)C1CC2. The zero-order valence-corrected chi connectivity index (χ0v) is 9.66. The summed E-state index contributed by atoms with van der Waals surface area (Å²) in [5.41, 5.74) is -5.51. The summed E-state index contributed by atoms with van der Waals surface area (Å²) >= 11 is 0. The Bertz CT molecular complexity index is 507. The number of alkyl halides is 3. The molecule has 0 saturated heterocycles. The lowest BCUT2D eigenvalue weighted by Gasteiger charge is -2.16. The van der Waals surface area contributed by atoms with Crippen LogP contribution in [0, 0.1) is 17.8 Å². The normalized spacial score (nSPS) is 31.3. The van der Waals surface area contributed by atoms with E-state index >= 15 is 0 Å². The maximum atomic E-state index is 12.1. The average Bonchev–Trinajstić information content (AvgIpc) is 2.71. The van der Waals surface area contributed by atoms with E-state index in [0.717, 1.165) is 0 Å². The number of halogens is 3. The van der Waals surface area contributed by atoms with Gasteiger partial charge in [-0.25, -0.2) is 0 Å². The highest BCUT2D eigenvalue weighted by atomic mass is 32.2. The smallest absolute Gasteiger partial charge is 0.481 e. The summed E-state index contributed by atoms with van der Waals surface area (Å²) < 4.78 is 62.1. The van der Waals surface area contributed by atoms with E-state index in [9.17, 15) is 26.4 Å². The van der Waals surface area contributed by atoms with Crippen molar-refractivity contribution < 1.29 is 35.7 Å². The van der Waals surface area contributed by atoms with Crippen molar-refractivity contribution in [3.05, 3.63) is 11.8 Å². The fraction of sp³-hybridized carbons (Fsp3) is 0.667. The topological polar surface area (TPSA) is 80.7 Å². The molecule has 9 heteroatoms. The van der Waals surface area contributed by atoms with Gasteiger partial charge in [0, 0.05) is 5.92 Å². The highest BCUT2D eigenvalue weighted by Gasteiger charge is 2.53. The van der Waals surface area contributed by atoms with Crippen LogP contribution in [0.4, 0.5) is 13.2 Å². The second kappa shape index (κ2) is 3.87. The molecule has 0 spiro atoms. The van der Waals surface area contributed by atoms with E-state index in [4.69, 9.17) is 5.11 Å². The number of allylic oxidation sites excluding steroid dienone is 2. The molecule has 102 valence electrons. The van der Waals surface area contributed by atoms with Gasteiger partial charge in [0.05, 0.1) is 5.92 Å². The lowest BCUT2D eigenvalue weighted by molar-refractivity contribution is -0.143. The third-order valence-electron chi connectivity index (χ3n) is 3.22. The van der Waals surface area contributed by atoms with Crippen molar-refractivity contribution in [1.29, 1.82) is 0 Å². The van der Waals surface area contributed by atoms with Crippen LogP contribution in [-0.4, -0.2) is 25.0 Å². The molecule has 2 aliphatic rings. The molecule has 0 radical (unpaired) electrons. The standard InChI is InChI=1S/C9H9F3O5S/c10-9(11,12)18(15,16)17-6-3-4-1-2-5(6)7(4)8(13)14/h3-5,7H,1-2H2,(H,13,14). The number of carboxylic acid groups (broad SMARTS) is 1. The number of carbonyl (C=O) groups is 1. The van der Waals surface area contributed by atoms with Gasteiger partial charge in [0.25, 0.3) is 0 Å². The lowest BCUT2D eigenvalue weighted by atomic mass is 9.97. The van der Waals surface area contributed by atoms with E-state index in [2.05, 4.69) is 4.18 Å². The predicted octanol–water partition coefficient (Wildman–Crippen LogP) is 1.48. The van der Waals surface area contributed by atoms with Gasteiger partial charge in [-0.2, -0.15) is 21.6 Å². The van der Waals surface area contributed by atoms with Crippen LogP contribution in [0.15, 0.2) is 11.8 Å². The molecule has 3 unspecified atom stereocenters. The van der Waals surface area contributed by atoms with Gasteiger partial charge in [-0.15, -0.1) is 0 Å². The first-order valence-corrected chi connectivity index (χ1v) is 6.49. The maximum absolute atomic E-state index is 12.1. The molecule has 2 aliphatic carbocycles. The first-order valence-electron chi connectivity index (χ1n) is 5.09. The fourth-order valence-electron chi connectivity index (χ4n) is 2.49. The number of fused-ring (bicyclic) bond motifs is 2. The van der Waals surface area contributed by atoms with Crippen molar-refractivity contribution in [3.63, 3.8) is 0 Å². The molecule has 1 saturated carbocycles. The van der Waals surface area contributed by atoms with Crippen LogP contribution >= 0.6 is 0 Å². The Hall–Kier alpha value is -1.25. The average molecular weight is 286 g/mol. The van der Waals surface area contributed by atoms with Crippen molar-refractivity contribution in [2.24, 2.45) is 17.8 Å². The van der Waals surface area contributed by atoms with Crippen LogP contribution in [0.3, 0.4) is 0 Å². The summed E-state index contributed by atoms with van der Waals surface area (Å²) in [5, 5.41) is 8.91. The third-order valence-corrected chi connectivity index (χ3v) is 4.20. The van der Waals surface area contributed by atoms with Crippen molar-refractivity contribution >= 4 is 16.1 Å².